The van der Waals surface area contributed by atoms with Crippen LogP contribution < -0.4 is 16.0 Å². The summed E-state index contributed by atoms with van der Waals surface area (Å²) >= 11 is 0. The number of benzene rings is 2. The molecular weight excluding hydrogens is 354 g/mol. The number of rotatable bonds is 1. The van der Waals surface area contributed by atoms with E-state index < -0.39 is 0 Å². The van der Waals surface area contributed by atoms with Crippen molar-refractivity contribution in [3.63, 3.8) is 0 Å². The van der Waals surface area contributed by atoms with Gasteiger partial charge in [0.2, 0.25) is 0 Å². The van der Waals surface area contributed by atoms with E-state index in [1.54, 1.807) is 7.05 Å². The largest absolute Gasteiger partial charge is 0.485 e. The smallest absolute Gasteiger partial charge is 0.331 e. The van der Waals surface area contributed by atoms with E-state index in [-0.39, 0.29) is 11.2 Å². The van der Waals surface area contributed by atoms with Gasteiger partial charge < -0.3 is 9.30 Å². The third-order valence-electron chi connectivity index (χ3n) is 5.46. The topological polar surface area (TPSA) is 58.2 Å². The van der Waals surface area contributed by atoms with E-state index >= 15 is 0 Å². The summed E-state index contributed by atoms with van der Waals surface area (Å²) < 4.78 is 10.7. The maximum atomic E-state index is 13.2. The molecule has 0 radical (unpaired) electrons. The first-order valence-electron chi connectivity index (χ1n) is 9.11. The summed E-state index contributed by atoms with van der Waals surface area (Å²) in [7, 11) is 3.22. The third-order valence-corrected chi connectivity index (χ3v) is 5.46. The van der Waals surface area contributed by atoms with Crippen LogP contribution >= 0.6 is 0 Å². The van der Waals surface area contributed by atoms with Crippen molar-refractivity contribution in [3.05, 3.63) is 80.6 Å². The number of aromatic nitrogens is 3. The monoisotopic (exact) mass is 373 g/mol. The highest BCUT2D eigenvalue weighted by Gasteiger charge is 2.29. The maximum Gasteiger partial charge on any atom is 0.331 e. The average Bonchev–Trinajstić information content (AvgIpc) is 3.07. The average molecular weight is 373 g/mol. The molecule has 6 heteroatoms. The minimum atomic E-state index is -0.347. The Morgan fingerprint density at radius 1 is 0.929 bits per heavy atom. The molecule has 3 heterocycles. The van der Waals surface area contributed by atoms with Crippen molar-refractivity contribution in [3.8, 4) is 22.7 Å². The van der Waals surface area contributed by atoms with Gasteiger partial charge in [-0.05, 0) is 24.6 Å². The molecule has 0 saturated carbocycles. The fraction of sp³-hybridized carbons (Fsp3) is 0.182. The van der Waals surface area contributed by atoms with Crippen LogP contribution in [0.15, 0.2) is 58.1 Å². The zero-order valence-electron chi connectivity index (χ0n) is 15.9. The van der Waals surface area contributed by atoms with Crippen LogP contribution in [0.4, 0.5) is 0 Å². The molecule has 2 aromatic heterocycles. The van der Waals surface area contributed by atoms with Gasteiger partial charge in [0.15, 0.2) is 0 Å². The number of nitrogens with zero attached hydrogens (tertiary/aromatic N) is 3. The van der Waals surface area contributed by atoms with Crippen LogP contribution in [-0.2, 0) is 20.7 Å². The molecule has 1 aliphatic heterocycles. The van der Waals surface area contributed by atoms with Crippen molar-refractivity contribution in [2.24, 2.45) is 14.1 Å². The van der Waals surface area contributed by atoms with Crippen LogP contribution in [0.5, 0.6) is 5.75 Å². The Labute approximate surface area is 160 Å². The summed E-state index contributed by atoms with van der Waals surface area (Å²) in [6.45, 7) is 2.32. The molecule has 0 saturated heterocycles. The molecule has 0 bridgehead atoms. The number of hydrogen-bond donors (Lipinski definition) is 0. The van der Waals surface area contributed by atoms with Gasteiger partial charge in [-0.2, -0.15) is 0 Å². The van der Waals surface area contributed by atoms with Crippen LogP contribution in [0.25, 0.3) is 27.8 Å². The van der Waals surface area contributed by atoms with Gasteiger partial charge in [-0.15, -0.1) is 0 Å². The molecule has 2 aromatic carbocycles. The Balaban J connectivity index is 2.05. The second-order valence-electron chi connectivity index (χ2n) is 7.18. The molecule has 6 nitrogen and oxygen atoms in total. The van der Waals surface area contributed by atoms with E-state index in [1.807, 2.05) is 55.5 Å². The highest BCUT2D eigenvalue weighted by atomic mass is 16.5. The molecular formula is C22H19N3O3. The minimum Gasteiger partial charge on any atom is -0.485 e. The van der Waals surface area contributed by atoms with Crippen molar-refractivity contribution in [2.45, 2.75) is 13.5 Å². The summed E-state index contributed by atoms with van der Waals surface area (Å²) in [4.78, 5) is 25.8. The number of para-hydroxylation sites is 2. The molecule has 28 heavy (non-hydrogen) atoms. The molecule has 0 unspecified atom stereocenters. The van der Waals surface area contributed by atoms with Gasteiger partial charge in [0.05, 0.1) is 28.0 Å². The zero-order chi connectivity index (χ0) is 19.6. The molecule has 0 aliphatic carbocycles. The Morgan fingerprint density at radius 2 is 1.64 bits per heavy atom. The summed E-state index contributed by atoms with van der Waals surface area (Å²) in [5.41, 5.74) is 4.51. The summed E-state index contributed by atoms with van der Waals surface area (Å²) in [6, 6.07) is 15.8. The van der Waals surface area contributed by atoms with Gasteiger partial charge in [0.1, 0.15) is 12.4 Å². The van der Waals surface area contributed by atoms with Crippen molar-refractivity contribution in [1.82, 2.24) is 13.7 Å². The lowest BCUT2D eigenvalue weighted by molar-refractivity contribution is 0.286. The molecule has 140 valence electrons. The molecule has 4 aromatic rings. The molecule has 0 N–H and O–H groups in total. The van der Waals surface area contributed by atoms with E-state index in [1.165, 1.54) is 16.2 Å². The van der Waals surface area contributed by atoms with E-state index in [9.17, 15) is 9.59 Å². The third kappa shape index (κ3) is 2.08. The molecule has 0 fully saturated rings. The van der Waals surface area contributed by atoms with Gasteiger partial charge >= 0.3 is 5.69 Å². The Bertz CT molecular complexity index is 1370. The molecule has 0 amide bonds. The van der Waals surface area contributed by atoms with Crippen molar-refractivity contribution in [2.75, 3.05) is 0 Å². The lowest BCUT2D eigenvalue weighted by Crippen LogP contribution is -2.37. The molecule has 1 aliphatic rings. The number of aryl methyl sites for hydroxylation is 2. The predicted octanol–water partition coefficient (Wildman–Crippen LogP) is 2.90. The summed E-state index contributed by atoms with van der Waals surface area (Å²) in [6.07, 6.45) is 0. The van der Waals surface area contributed by atoms with Crippen LogP contribution in [0, 0.1) is 6.92 Å². The first-order chi connectivity index (χ1) is 13.5. The van der Waals surface area contributed by atoms with E-state index in [0.717, 1.165) is 34.0 Å². The minimum absolute atomic E-state index is 0.291. The van der Waals surface area contributed by atoms with Gasteiger partial charge in [-0.3, -0.25) is 13.9 Å². The molecule has 0 atom stereocenters. The Morgan fingerprint density at radius 3 is 2.39 bits per heavy atom. The normalized spacial score (nSPS) is 12.5. The lowest BCUT2D eigenvalue weighted by Gasteiger charge is -2.22. The van der Waals surface area contributed by atoms with Crippen LogP contribution in [0.2, 0.25) is 0 Å². The van der Waals surface area contributed by atoms with Crippen LogP contribution in [0.1, 0.15) is 11.3 Å². The fourth-order valence-electron chi connectivity index (χ4n) is 4.04. The van der Waals surface area contributed by atoms with E-state index in [0.29, 0.717) is 17.5 Å². The predicted molar refractivity (Wildman–Crippen MR) is 108 cm³/mol. The van der Waals surface area contributed by atoms with E-state index in [4.69, 9.17) is 4.74 Å². The first kappa shape index (κ1) is 16.6. The summed E-state index contributed by atoms with van der Waals surface area (Å²) in [5, 5.41) is 0.531. The molecule has 5 rings (SSSR count). The number of ether oxygens (including phenoxy) is 1. The second-order valence-corrected chi connectivity index (χ2v) is 7.18. The lowest BCUT2D eigenvalue weighted by atomic mass is 10.1. The number of fused-ring (bicyclic) bond motifs is 5. The van der Waals surface area contributed by atoms with Crippen LogP contribution in [0.3, 0.4) is 0 Å². The molecule has 0 spiro atoms. The summed E-state index contributed by atoms with van der Waals surface area (Å²) in [5.74, 6) is 0.755. The standard InChI is InChI=1S/C22H19N3O3/c1-13-8-10-14(11-9-13)19-18-20(23(2)22(27)24(3)21(18)26)16-12-28-17-7-5-4-6-15(17)25(16)19/h4-11H,12H2,1-3H3. The Hall–Kier alpha value is -3.54. The zero-order valence-corrected chi connectivity index (χ0v) is 15.9. The highest BCUT2D eigenvalue weighted by Crippen LogP contribution is 2.40. The van der Waals surface area contributed by atoms with Gasteiger partial charge in [-0.25, -0.2) is 4.79 Å². The SMILES string of the molecule is Cc1ccc(-c2c3c(=O)n(C)c(=O)n(C)c3c3n2-c2ccccc2OC3)cc1. The van der Waals surface area contributed by atoms with Crippen molar-refractivity contribution < 1.29 is 4.74 Å². The van der Waals surface area contributed by atoms with Gasteiger partial charge in [0, 0.05) is 14.1 Å². The fourth-order valence-corrected chi connectivity index (χ4v) is 4.04. The Kier molecular flexibility index (Phi) is 3.40. The van der Waals surface area contributed by atoms with Gasteiger partial charge in [-0.1, -0.05) is 42.0 Å². The van der Waals surface area contributed by atoms with Crippen molar-refractivity contribution >= 4 is 10.9 Å². The number of hydrogen-bond acceptors (Lipinski definition) is 3. The maximum absolute atomic E-state index is 13.2. The first-order valence-corrected chi connectivity index (χ1v) is 9.11. The van der Waals surface area contributed by atoms with Gasteiger partial charge in [0.25, 0.3) is 5.56 Å². The highest BCUT2D eigenvalue weighted by molar-refractivity contribution is 5.97. The second kappa shape index (κ2) is 5.73. The quantitative estimate of drug-likeness (QED) is 0.516. The van der Waals surface area contributed by atoms with E-state index in [2.05, 4.69) is 4.57 Å². The van der Waals surface area contributed by atoms with Crippen LogP contribution in [-0.4, -0.2) is 13.7 Å². The van der Waals surface area contributed by atoms with Crippen molar-refractivity contribution in [1.29, 1.82) is 0 Å².